The SMILES string of the molecule is O=C(OCc1cn([C@H]2C[C@H](c3ccc(Cl)cc3)N(Cc3cccs3)C[C@@H]2O)nn1)c1ccccc1. The van der Waals surface area contributed by atoms with Crippen LogP contribution in [-0.2, 0) is 17.9 Å². The topological polar surface area (TPSA) is 80.5 Å². The van der Waals surface area contributed by atoms with Crippen molar-refractivity contribution in [2.75, 3.05) is 6.54 Å². The Hall–Kier alpha value is -3.04. The highest BCUT2D eigenvalue weighted by Crippen LogP contribution is 2.38. The van der Waals surface area contributed by atoms with Gasteiger partial charge in [-0.3, -0.25) is 4.90 Å². The fraction of sp³-hybridized carbons (Fsp3) is 0.269. The number of hydrogen-bond acceptors (Lipinski definition) is 7. The number of ether oxygens (including phenoxy) is 1. The van der Waals surface area contributed by atoms with Crippen molar-refractivity contribution in [1.82, 2.24) is 19.9 Å². The lowest BCUT2D eigenvalue weighted by atomic mass is 9.90. The van der Waals surface area contributed by atoms with Crippen LogP contribution in [0.5, 0.6) is 0 Å². The van der Waals surface area contributed by atoms with Crippen molar-refractivity contribution in [2.45, 2.75) is 37.8 Å². The van der Waals surface area contributed by atoms with Gasteiger partial charge in [0.1, 0.15) is 12.3 Å². The Bertz CT molecular complexity index is 1250. The van der Waals surface area contributed by atoms with E-state index < -0.39 is 12.1 Å². The van der Waals surface area contributed by atoms with Crippen LogP contribution < -0.4 is 0 Å². The van der Waals surface area contributed by atoms with Gasteiger partial charge in [0.25, 0.3) is 0 Å². The third-order valence-corrected chi connectivity index (χ3v) is 7.34. The molecule has 1 N–H and O–H groups in total. The number of esters is 1. The fourth-order valence-electron chi connectivity index (χ4n) is 4.46. The normalized spacial score (nSPS) is 20.6. The average Bonchev–Trinajstić information content (AvgIpc) is 3.56. The van der Waals surface area contributed by atoms with E-state index in [1.807, 2.05) is 36.4 Å². The Morgan fingerprint density at radius 3 is 2.66 bits per heavy atom. The zero-order chi connectivity index (χ0) is 24.2. The van der Waals surface area contributed by atoms with Crippen LogP contribution in [0.3, 0.4) is 0 Å². The molecule has 0 spiro atoms. The molecule has 1 fully saturated rings. The summed E-state index contributed by atoms with van der Waals surface area (Å²) in [6, 6.07) is 20.7. The molecule has 2 aromatic carbocycles. The van der Waals surface area contributed by atoms with Gasteiger partial charge in [0.15, 0.2) is 0 Å². The number of carbonyl (C=O) groups excluding carboxylic acids is 1. The zero-order valence-corrected chi connectivity index (χ0v) is 20.5. The smallest absolute Gasteiger partial charge is 0.338 e. The summed E-state index contributed by atoms with van der Waals surface area (Å²) >= 11 is 7.84. The minimum atomic E-state index is -0.625. The highest BCUT2D eigenvalue weighted by Gasteiger charge is 2.37. The van der Waals surface area contributed by atoms with Crippen molar-refractivity contribution in [2.24, 2.45) is 0 Å². The number of thiophene rings is 1. The monoisotopic (exact) mass is 508 g/mol. The molecule has 7 nitrogen and oxygen atoms in total. The van der Waals surface area contributed by atoms with E-state index in [2.05, 4.69) is 26.7 Å². The molecule has 9 heteroatoms. The minimum absolute atomic E-state index is 0.0155. The predicted molar refractivity (Wildman–Crippen MR) is 134 cm³/mol. The summed E-state index contributed by atoms with van der Waals surface area (Å²) in [6.45, 7) is 1.27. The van der Waals surface area contributed by atoms with Crippen LogP contribution in [-0.4, -0.2) is 43.6 Å². The van der Waals surface area contributed by atoms with Gasteiger partial charge in [-0.05, 0) is 47.7 Å². The van der Waals surface area contributed by atoms with E-state index in [-0.39, 0.29) is 18.7 Å². The van der Waals surface area contributed by atoms with Crippen molar-refractivity contribution < 1.29 is 14.6 Å². The molecule has 0 bridgehead atoms. The second-order valence-corrected chi connectivity index (χ2v) is 10.0. The van der Waals surface area contributed by atoms with Gasteiger partial charge in [0.2, 0.25) is 0 Å². The van der Waals surface area contributed by atoms with E-state index in [1.54, 1.807) is 46.5 Å². The summed E-state index contributed by atoms with van der Waals surface area (Å²) in [5, 5.41) is 22.3. The maximum atomic E-state index is 12.2. The lowest BCUT2D eigenvalue weighted by Gasteiger charge is -2.42. The number of carbonyl (C=O) groups is 1. The molecule has 2 aromatic heterocycles. The number of benzene rings is 2. The van der Waals surface area contributed by atoms with Crippen molar-refractivity contribution in [1.29, 1.82) is 0 Å². The third kappa shape index (κ3) is 5.62. The first kappa shape index (κ1) is 23.7. The molecule has 0 amide bonds. The molecule has 1 saturated heterocycles. The number of aliphatic hydroxyl groups is 1. The van der Waals surface area contributed by atoms with Gasteiger partial charge < -0.3 is 9.84 Å². The van der Waals surface area contributed by atoms with E-state index >= 15 is 0 Å². The van der Waals surface area contributed by atoms with Gasteiger partial charge >= 0.3 is 5.97 Å². The quantitative estimate of drug-likeness (QED) is 0.358. The summed E-state index contributed by atoms with van der Waals surface area (Å²) in [5.74, 6) is -0.412. The molecule has 3 atom stereocenters. The molecule has 0 saturated carbocycles. The Balaban J connectivity index is 1.31. The average molecular weight is 509 g/mol. The van der Waals surface area contributed by atoms with Crippen molar-refractivity contribution in [3.8, 4) is 0 Å². The number of rotatable bonds is 7. The molecule has 4 aromatic rings. The molecule has 3 heterocycles. The minimum Gasteiger partial charge on any atom is -0.455 e. The number of hydrogen-bond donors (Lipinski definition) is 1. The van der Waals surface area contributed by atoms with Crippen LogP contribution in [0.2, 0.25) is 5.02 Å². The molecule has 0 unspecified atom stereocenters. The molecule has 180 valence electrons. The molecule has 35 heavy (non-hydrogen) atoms. The van der Waals surface area contributed by atoms with Crippen molar-refractivity contribution in [3.05, 3.63) is 105 Å². The Labute approximate surface area is 212 Å². The summed E-state index contributed by atoms with van der Waals surface area (Å²) in [6.07, 6.45) is 1.78. The van der Waals surface area contributed by atoms with E-state index in [9.17, 15) is 9.90 Å². The Kier molecular flexibility index (Phi) is 7.24. The van der Waals surface area contributed by atoms with Gasteiger partial charge in [-0.25, -0.2) is 9.48 Å². The highest BCUT2D eigenvalue weighted by molar-refractivity contribution is 7.09. The maximum absolute atomic E-state index is 12.2. The highest BCUT2D eigenvalue weighted by atomic mass is 35.5. The summed E-state index contributed by atoms with van der Waals surface area (Å²) in [4.78, 5) is 15.8. The van der Waals surface area contributed by atoms with Crippen LogP contribution in [0.4, 0.5) is 0 Å². The van der Waals surface area contributed by atoms with E-state index in [4.69, 9.17) is 16.3 Å². The lowest BCUT2D eigenvalue weighted by Crippen LogP contribution is -2.46. The van der Waals surface area contributed by atoms with E-state index in [0.29, 0.717) is 29.2 Å². The lowest BCUT2D eigenvalue weighted by molar-refractivity contribution is -0.0131. The van der Waals surface area contributed by atoms with Gasteiger partial charge in [0.05, 0.1) is 23.9 Å². The van der Waals surface area contributed by atoms with Gasteiger partial charge in [0, 0.05) is 29.0 Å². The second kappa shape index (κ2) is 10.7. The van der Waals surface area contributed by atoms with Gasteiger partial charge in [-0.15, -0.1) is 16.4 Å². The van der Waals surface area contributed by atoms with Crippen molar-refractivity contribution >= 4 is 28.9 Å². The predicted octanol–water partition coefficient (Wildman–Crippen LogP) is 4.90. The number of likely N-dealkylation sites (tertiary alicyclic amines) is 1. The standard InChI is InChI=1S/C26H25ClN4O3S/c27-20-10-8-18(9-11-20)23-13-24(25(32)16-30(23)15-22-7-4-12-35-22)31-14-21(28-29-31)17-34-26(33)19-5-2-1-3-6-19/h1-12,14,23-25,32H,13,15-17H2/t23-,24+,25+/m1/s1. The van der Waals surface area contributed by atoms with Gasteiger partial charge in [-0.2, -0.15) is 0 Å². The number of aromatic nitrogens is 3. The number of β-amino-alcohol motifs (C(OH)–C–C–N with tert-alkyl or cyclic N) is 1. The summed E-state index contributed by atoms with van der Waals surface area (Å²) < 4.78 is 7.08. The van der Waals surface area contributed by atoms with E-state index in [1.165, 1.54) is 4.88 Å². The molecular weight excluding hydrogens is 484 g/mol. The van der Waals surface area contributed by atoms with Crippen LogP contribution in [0, 0.1) is 0 Å². The summed E-state index contributed by atoms with van der Waals surface area (Å²) in [7, 11) is 0. The summed E-state index contributed by atoms with van der Waals surface area (Å²) in [5.41, 5.74) is 2.16. The Morgan fingerprint density at radius 2 is 1.91 bits per heavy atom. The maximum Gasteiger partial charge on any atom is 0.338 e. The molecule has 1 aliphatic rings. The number of halogens is 1. The first-order chi connectivity index (χ1) is 17.1. The molecule has 0 radical (unpaired) electrons. The number of piperidine rings is 1. The molecule has 1 aliphatic heterocycles. The Morgan fingerprint density at radius 1 is 1.11 bits per heavy atom. The first-order valence-electron chi connectivity index (χ1n) is 11.4. The third-order valence-electron chi connectivity index (χ3n) is 6.22. The van der Waals surface area contributed by atoms with Crippen molar-refractivity contribution in [3.63, 3.8) is 0 Å². The number of nitrogens with zero attached hydrogens (tertiary/aromatic N) is 4. The zero-order valence-electron chi connectivity index (χ0n) is 18.9. The van der Waals surface area contributed by atoms with Crippen LogP contribution >= 0.6 is 22.9 Å². The molecule has 0 aliphatic carbocycles. The molecular formula is C26H25ClN4O3S. The van der Waals surface area contributed by atoms with Crippen LogP contribution in [0.25, 0.3) is 0 Å². The first-order valence-corrected chi connectivity index (χ1v) is 12.7. The van der Waals surface area contributed by atoms with Crippen LogP contribution in [0.15, 0.2) is 78.3 Å². The van der Waals surface area contributed by atoms with E-state index in [0.717, 1.165) is 12.1 Å². The molecule has 5 rings (SSSR count). The fourth-order valence-corrected chi connectivity index (χ4v) is 5.31. The number of aliphatic hydroxyl groups excluding tert-OH is 1. The van der Waals surface area contributed by atoms with Crippen LogP contribution in [0.1, 0.15) is 45.0 Å². The van der Waals surface area contributed by atoms with Gasteiger partial charge in [-0.1, -0.05) is 53.2 Å². The second-order valence-electron chi connectivity index (χ2n) is 8.58. The largest absolute Gasteiger partial charge is 0.455 e.